The lowest BCUT2D eigenvalue weighted by Gasteiger charge is -2.36. The maximum Gasteiger partial charge on any atom is 0.328 e. The molecule has 2 aromatic rings. The summed E-state index contributed by atoms with van der Waals surface area (Å²) >= 11 is 0. The summed E-state index contributed by atoms with van der Waals surface area (Å²) in [6.07, 6.45) is 6.22. The summed E-state index contributed by atoms with van der Waals surface area (Å²) < 4.78 is 30.7. The van der Waals surface area contributed by atoms with Crippen LogP contribution in [0.1, 0.15) is 63.1 Å². The standard InChI is InChI=1S/C27H30F2O3/c1-4-5-18-12-16(2)25(17(3)13-18)26(20-7-9-21(30)10-8-20)27-22(28)14-19(15-23(27)29)6-11-24(31)32/h6-11,14-18,30H,4-5,12-13H2,1-3H3,(H,31,32)/b11-6+,26-25?. The Bertz CT molecular complexity index is 1000. The number of carboxylic acids is 1. The number of phenols is 1. The molecule has 32 heavy (non-hydrogen) atoms. The van der Waals surface area contributed by atoms with Gasteiger partial charge in [0.15, 0.2) is 0 Å². The van der Waals surface area contributed by atoms with E-state index in [1.165, 1.54) is 18.2 Å². The van der Waals surface area contributed by atoms with Crippen LogP contribution in [0.15, 0.2) is 48.0 Å². The monoisotopic (exact) mass is 440 g/mol. The third-order valence-corrected chi connectivity index (χ3v) is 6.31. The van der Waals surface area contributed by atoms with Gasteiger partial charge in [-0.3, -0.25) is 0 Å². The topological polar surface area (TPSA) is 57.5 Å². The van der Waals surface area contributed by atoms with Crippen LogP contribution < -0.4 is 0 Å². The molecule has 0 spiro atoms. The normalized spacial score (nSPS) is 21.2. The van der Waals surface area contributed by atoms with Gasteiger partial charge >= 0.3 is 5.97 Å². The molecular formula is C27H30F2O3. The molecule has 2 N–H and O–H groups in total. The summed E-state index contributed by atoms with van der Waals surface area (Å²) in [5.74, 6) is -1.67. The molecule has 1 aliphatic carbocycles. The first kappa shape index (κ1) is 23.7. The second kappa shape index (κ2) is 10.1. The highest BCUT2D eigenvalue weighted by Gasteiger charge is 2.32. The molecule has 0 radical (unpaired) electrons. The number of allylic oxidation sites excluding steroid dienone is 1. The van der Waals surface area contributed by atoms with Crippen LogP contribution in [0.25, 0.3) is 11.6 Å². The van der Waals surface area contributed by atoms with E-state index < -0.39 is 17.6 Å². The van der Waals surface area contributed by atoms with Gasteiger partial charge in [-0.2, -0.15) is 0 Å². The third kappa shape index (κ3) is 5.26. The van der Waals surface area contributed by atoms with Crippen molar-refractivity contribution in [2.45, 2.75) is 46.5 Å². The van der Waals surface area contributed by atoms with Crippen molar-refractivity contribution in [3.05, 3.63) is 76.4 Å². The minimum atomic E-state index is -1.19. The van der Waals surface area contributed by atoms with E-state index in [1.54, 1.807) is 12.1 Å². The summed E-state index contributed by atoms with van der Waals surface area (Å²) in [6.45, 7) is 6.41. The number of aliphatic carboxylic acids is 1. The second-order valence-corrected chi connectivity index (χ2v) is 8.84. The molecule has 0 amide bonds. The fraction of sp³-hybridized carbons (Fsp3) is 0.370. The fourth-order valence-electron chi connectivity index (χ4n) is 5.15. The number of carboxylic acid groups (broad SMARTS) is 1. The molecule has 1 aliphatic rings. The summed E-state index contributed by atoms with van der Waals surface area (Å²) in [5, 5.41) is 18.6. The van der Waals surface area contributed by atoms with Gasteiger partial charge in [0.05, 0.1) is 5.56 Å². The van der Waals surface area contributed by atoms with E-state index in [9.17, 15) is 9.90 Å². The van der Waals surface area contributed by atoms with Crippen LogP contribution in [0.4, 0.5) is 8.78 Å². The van der Waals surface area contributed by atoms with Gasteiger partial charge in [0.25, 0.3) is 0 Å². The molecular weight excluding hydrogens is 410 g/mol. The van der Waals surface area contributed by atoms with Crippen molar-refractivity contribution >= 4 is 17.6 Å². The number of aromatic hydroxyl groups is 1. The Labute approximate surface area is 188 Å². The molecule has 3 rings (SSSR count). The van der Waals surface area contributed by atoms with Crippen molar-refractivity contribution in [2.75, 3.05) is 0 Å². The lowest BCUT2D eigenvalue weighted by Crippen LogP contribution is -2.24. The van der Waals surface area contributed by atoms with Gasteiger partial charge in [-0.15, -0.1) is 0 Å². The first-order chi connectivity index (χ1) is 15.2. The highest BCUT2D eigenvalue weighted by molar-refractivity contribution is 5.86. The fourth-order valence-corrected chi connectivity index (χ4v) is 5.15. The Kier molecular flexibility index (Phi) is 7.49. The molecule has 2 aromatic carbocycles. The van der Waals surface area contributed by atoms with E-state index in [0.29, 0.717) is 17.1 Å². The maximum atomic E-state index is 15.4. The zero-order valence-electron chi connectivity index (χ0n) is 18.7. The van der Waals surface area contributed by atoms with Crippen molar-refractivity contribution in [1.82, 2.24) is 0 Å². The summed E-state index contributed by atoms with van der Waals surface area (Å²) in [7, 11) is 0. The third-order valence-electron chi connectivity index (χ3n) is 6.31. The lowest BCUT2D eigenvalue weighted by molar-refractivity contribution is -0.131. The Morgan fingerprint density at radius 1 is 1.06 bits per heavy atom. The van der Waals surface area contributed by atoms with Gasteiger partial charge < -0.3 is 10.2 Å². The van der Waals surface area contributed by atoms with Gasteiger partial charge in [-0.25, -0.2) is 13.6 Å². The first-order valence-corrected chi connectivity index (χ1v) is 11.1. The van der Waals surface area contributed by atoms with Gasteiger partial charge in [-0.1, -0.05) is 51.3 Å². The van der Waals surface area contributed by atoms with E-state index in [1.807, 2.05) is 0 Å². The average Bonchev–Trinajstić information content (AvgIpc) is 2.71. The van der Waals surface area contributed by atoms with Crippen LogP contribution in [-0.4, -0.2) is 16.2 Å². The van der Waals surface area contributed by atoms with Crippen LogP contribution >= 0.6 is 0 Å². The number of carbonyl (C=O) groups is 1. The molecule has 2 atom stereocenters. The molecule has 170 valence electrons. The van der Waals surface area contributed by atoms with E-state index in [4.69, 9.17) is 5.11 Å². The zero-order chi connectivity index (χ0) is 23.4. The summed E-state index contributed by atoms with van der Waals surface area (Å²) in [6, 6.07) is 8.74. The van der Waals surface area contributed by atoms with Crippen molar-refractivity contribution < 1.29 is 23.8 Å². The minimum absolute atomic E-state index is 0.0842. The number of hydrogen-bond donors (Lipinski definition) is 2. The molecule has 0 bridgehead atoms. The van der Waals surface area contributed by atoms with Gasteiger partial charge in [0, 0.05) is 6.08 Å². The Morgan fingerprint density at radius 2 is 1.62 bits per heavy atom. The van der Waals surface area contributed by atoms with Crippen LogP contribution in [0.3, 0.4) is 0 Å². The lowest BCUT2D eigenvalue weighted by atomic mass is 9.68. The average molecular weight is 441 g/mol. The van der Waals surface area contributed by atoms with Crippen LogP contribution in [0, 0.1) is 29.4 Å². The van der Waals surface area contributed by atoms with E-state index in [2.05, 4.69) is 20.8 Å². The zero-order valence-corrected chi connectivity index (χ0v) is 18.7. The van der Waals surface area contributed by atoms with Crippen molar-refractivity contribution in [3.8, 4) is 5.75 Å². The molecule has 2 unspecified atom stereocenters. The Balaban J connectivity index is 2.20. The SMILES string of the molecule is CCCC1CC(C)C(=C(c2ccc(O)cc2)c2c(F)cc(/C=C/C(=O)O)cc2F)C(C)C1. The van der Waals surface area contributed by atoms with Crippen molar-refractivity contribution in [2.24, 2.45) is 17.8 Å². The predicted molar refractivity (Wildman–Crippen MR) is 123 cm³/mol. The Hall–Kier alpha value is -2.95. The molecule has 0 aromatic heterocycles. The molecule has 0 heterocycles. The predicted octanol–water partition coefficient (Wildman–Crippen LogP) is 7.05. The smallest absolute Gasteiger partial charge is 0.328 e. The largest absolute Gasteiger partial charge is 0.508 e. The second-order valence-electron chi connectivity index (χ2n) is 8.84. The molecule has 3 nitrogen and oxygen atoms in total. The van der Waals surface area contributed by atoms with E-state index in [-0.39, 0.29) is 28.7 Å². The van der Waals surface area contributed by atoms with Crippen molar-refractivity contribution in [1.29, 1.82) is 0 Å². The highest BCUT2D eigenvalue weighted by atomic mass is 19.1. The van der Waals surface area contributed by atoms with E-state index in [0.717, 1.165) is 49.5 Å². The Morgan fingerprint density at radius 3 is 2.12 bits per heavy atom. The number of halogens is 2. The van der Waals surface area contributed by atoms with Gasteiger partial charge in [-0.05, 0) is 77.6 Å². The minimum Gasteiger partial charge on any atom is -0.508 e. The number of rotatable bonds is 6. The molecule has 0 aliphatic heterocycles. The molecule has 1 fully saturated rings. The summed E-state index contributed by atoms with van der Waals surface area (Å²) in [5.41, 5.74) is 2.25. The first-order valence-electron chi connectivity index (χ1n) is 11.1. The number of hydrogen-bond acceptors (Lipinski definition) is 2. The summed E-state index contributed by atoms with van der Waals surface area (Å²) in [4.78, 5) is 10.8. The van der Waals surface area contributed by atoms with Crippen molar-refractivity contribution in [3.63, 3.8) is 0 Å². The molecule has 5 heteroatoms. The highest BCUT2D eigenvalue weighted by Crippen LogP contribution is 2.45. The molecule has 0 saturated heterocycles. The van der Waals surface area contributed by atoms with E-state index >= 15 is 8.78 Å². The van der Waals surface area contributed by atoms with Gasteiger partial charge in [0.1, 0.15) is 17.4 Å². The maximum absolute atomic E-state index is 15.4. The van der Waals surface area contributed by atoms with Crippen LogP contribution in [0.5, 0.6) is 5.75 Å². The number of phenolic OH excluding ortho intramolecular Hbond substituents is 1. The van der Waals surface area contributed by atoms with Crippen LogP contribution in [-0.2, 0) is 4.79 Å². The quantitative estimate of drug-likeness (QED) is 0.473. The molecule has 1 saturated carbocycles. The van der Waals surface area contributed by atoms with Gasteiger partial charge in [0.2, 0.25) is 0 Å². The number of benzene rings is 2. The van der Waals surface area contributed by atoms with Crippen LogP contribution in [0.2, 0.25) is 0 Å².